The van der Waals surface area contributed by atoms with Gasteiger partial charge in [0.2, 0.25) is 0 Å². The zero-order valence-corrected chi connectivity index (χ0v) is 14.8. The number of nitrogens with zero attached hydrogens (tertiary/aromatic N) is 1. The number of amides is 1. The molecule has 0 fully saturated rings. The third-order valence-corrected chi connectivity index (χ3v) is 6.11. The highest BCUT2D eigenvalue weighted by atomic mass is 32.2. The van der Waals surface area contributed by atoms with Crippen molar-refractivity contribution in [1.82, 2.24) is 0 Å². The summed E-state index contributed by atoms with van der Waals surface area (Å²) < 4.78 is 65.3. The van der Waals surface area contributed by atoms with Crippen molar-refractivity contribution in [2.24, 2.45) is 16.5 Å². The Labute approximate surface area is 144 Å². The van der Waals surface area contributed by atoms with E-state index in [1.807, 2.05) is 0 Å². The van der Waals surface area contributed by atoms with Gasteiger partial charge in [0.1, 0.15) is 0 Å². The third-order valence-electron chi connectivity index (χ3n) is 3.76. The predicted octanol–water partition coefficient (Wildman–Crippen LogP) is 2.25. The van der Waals surface area contributed by atoms with Gasteiger partial charge in [0, 0.05) is 5.56 Å². The summed E-state index contributed by atoms with van der Waals surface area (Å²) >= 11 is 0. The average molecular weight is 379 g/mol. The average Bonchev–Trinajstić information content (AvgIpc) is 2.50. The molecule has 6 nitrogen and oxygen atoms in total. The second kappa shape index (κ2) is 7.42. The first-order chi connectivity index (χ1) is 11.4. The molecule has 0 radical (unpaired) electrons. The molecule has 1 unspecified atom stereocenters. The van der Waals surface area contributed by atoms with Gasteiger partial charge in [-0.15, -0.1) is 0 Å². The van der Waals surface area contributed by atoms with Crippen molar-refractivity contribution in [3.8, 4) is 0 Å². The summed E-state index contributed by atoms with van der Waals surface area (Å²) in [5.41, 5.74) is 8.51. The number of sulfone groups is 1. The fraction of sp³-hybridized carbons (Fsp3) is 0.467. The van der Waals surface area contributed by atoms with Crippen molar-refractivity contribution >= 4 is 21.7 Å². The molecule has 0 spiro atoms. The lowest BCUT2D eigenvalue weighted by Crippen LogP contribution is -2.25. The lowest BCUT2D eigenvalue weighted by atomic mass is 10.0. The van der Waals surface area contributed by atoms with Gasteiger partial charge in [-0.3, -0.25) is 4.79 Å². The summed E-state index contributed by atoms with van der Waals surface area (Å²) in [4.78, 5) is 14.4. The number of carbonyl (C=O) groups is 1. The molecule has 0 saturated carbocycles. The molecule has 0 bridgehead atoms. The number of nitrogens with two attached hydrogens (primary N) is 2. The highest BCUT2D eigenvalue weighted by Gasteiger charge is 2.39. The number of halogens is 3. The maximum absolute atomic E-state index is 13.4. The van der Waals surface area contributed by atoms with Gasteiger partial charge in [-0.2, -0.15) is 18.2 Å². The van der Waals surface area contributed by atoms with E-state index in [1.54, 1.807) is 13.8 Å². The Bertz CT molecular complexity index is 798. The summed E-state index contributed by atoms with van der Waals surface area (Å²) in [5, 5.41) is -1.00. The Kier molecular flexibility index (Phi) is 6.22. The van der Waals surface area contributed by atoms with Crippen LogP contribution in [0.1, 0.15) is 48.7 Å². The van der Waals surface area contributed by atoms with Crippen LogP contribution in [-0.4, -0.2) is 25.5 Å². The molecule has 1 aromatic rings. The van der Waals surface area contributed by atoms with Crippen molar-refractivity contribution in [3.05, 3.63) is 28.8 Å². The minimum atomic E-state index is -4.96. The highest BCUT2D eigenvalue weighted by molar-refractivity contribution is 7.92. The number of hydrogen-bond acceptors (Lipinski definition) is 3. The third kappa shape index (κ3) is 4.50. The van der Waals surface area contributed by atoms with Crippen LogP contribution in [0, 0.1) is 0 Å². The van der Waals surface area contributed by atoms with Crippen LogP contribution in [0.15, 0.2) is 22.0 Å². The molecule has 10 heteroatoms. The Balaban J connectivity index is 3.83. The Morgan fingerprint density at radius 3 is 2.20 bits per heavy atom. The van der Waals surface area contributed by atoms with Crippen LogP contribution in [0.4, 0.5) is 13.2 Å². The van der Waals surface area contributed by atoms with Crippen molar-refractivity contribution < 1.29 is 26.4 Å². The van der Waals surface area contributed by atoms with Gasteiger partial charge in [0.15, 0.2) is 15.8 Å². The van der Waals surface area contributed by atoms with Gasteiger partial charge in [0.25, 0.3) is 5.91 Å². The van der Waals surface area contributed by atoms with Crippen LogP contribution in [0.2, 0.25) is 0 Å². The molecule has 0 aromatic heterocycles. The monoisotopic (exact) mass is 379 g/mol. The van der Waals surface area contributed by atoms with E-state index in [0.717, 1.165) is 6.07 Å². The molecule has 1 atom stereocenters. The zero-order valence-electron chi connectivity index (χ0n) is 14.0. The predicted molar refractivity (Wildman–Crippen MR) is 87.9 cm³/mol. The van der Waals surface area contributed by atoms with Gasteiger partial charge >= 0.3 is 6.18 Å². The molecule has 0 saturated heterocycles. The summed E-state index contributed by atoms with van der Waals surface area (Å²) in [5.74, 6) is -1.66. The molecule has 1 amide bonds. The maximum atomic E-state index is 13.4. The van der Waals surface area contributed by atoms with Crippen molar-refractivity contribution in [3.63, 3.8) is 0 Å². The lowest BCUT2D eigenvalue weighted by molar-refractivity contribution is -0.139. The summed E-state index contributed by atoms with van der Waals surface area (Å²) in [7, 11) is -4.22. The molecule has 25 heavy (non-hydrogen) atoms. The first kappa shape index (κ1) is 20.9. The van der Waals surface area contributed by atoms with Gasteiger partial charge < -0.3 is 11.5 Å². The van der Waals surface area contributed by atoms with Crippen LogP contribution in [-0.2, 0) is 22.4 Å². The minimum Gasteiger partial charge on any atom is -0.370 e. The molecule has 1 aromatic carbocycles. The molecule has 0 aliphatic rings. The van der Waals surface area contributed by atoms with Gasteiger partial charge in [-0.1, -0.05) is 13.8 Å². The van der Waals surface area contributed by atoms with E-state index in [9.17, 15) is 26.4 Å². The highest BCUT2D eigenvalue weighted by Crippen LogP contribution is 2.38. The molecule has 140 valence electrons. The van der Waals surface area contributed by atoms with E-state index in [0.29, 0.717) is 6.07 Å². The van der Waals surface area contributed by atoms with Crippen LogP contribution in [0.25, 0.3) is 0 Å². The maximum Gasteiger partial charge on any atom is 0.417 e. The normalized spacial score (nSPS) is 13.4. The Hall–Kier alpha value is -2.10. The fourth-order valence-electron chi connectivity index (χ4n) is 2.18. The fourth-order valence-corrected chi connectivity index (χ4v) is 3.84. The number of guanidine groups is 1. The largest absolute Gasteiger partial charge is 0.417 e. The van der Waals surface area contributed by atoms with Crippen molar-refractivity contribution in [1.29, 1.82) is 0 Å². The summed E-state index contributed by atoms with van der Waals surface area (Å²) in [6.07, 6.45) is -4.69. The molecule has 0 heterocycles. The van der Waals surface area contributed by atoms with Crippen molar-refractivity contribution in [2.75, 3.05) is 0 Å². The topological polar surface area (TPSA) is 116 Å². The first-order valence-corrected chi connectivity index (χ1v) is 9.02. The van der Waals surface area contributed by atoms with E-state index < -0.39 is 43.6 Å². The first-order valence-electron chi connectivity index (χ1n) is 7.48. The van der Waals surface area contributed by atoms with E-state index in [4.69, 9.17) is 11.5 Å². The summed E-state index contributed by atoms with van der Waals surface area (Å²) in [6.45, 7) is 4.47. The number of aryl methyl sites for hydroxylation is 1. The number of carbonyl (C=O) groups excluding carboxylic acids is 1. The number of hydrogen-bond donors (Lipinski definition) is 2. The van der Waals surface area contributed by atoms with E-state index in [1.165, 1.54) is 6.92 Å². The zero-order chi connectivity index (χ0) is 19.6. The van der Waals surface area contributed by atoms with Crippen LogP contribution < -0.4 is 11.5 Å². The van der Waals surface area contributed by atoms with Crippen molar-refractivity contribution in [2.45, 2.75) is 49.9 Å². The number of rotatable bonds is 5. The minimum absolute atomic E-state index is 0.116. The van der Waals surface area contributed by atoms with Gasteiger partial charge in [-0.05, 0) is 37.5 Å². The summed E-state index contributed by atoms with van der Waals surface area (Å²) in [6, 6.07) is 1.39. The molecule has 0 aliphatic carbocycles. The molecule has 1 rings (SSSR count). The van der Waals surface area contributed by atoms with Crippen LogP contribution in [0.3, 0.4) is 0 Å². The second-order valence-electron chi connectivity index (χ2n) is 5.46. The van der Waals surface area contributed by atoms with Gasteiger partial charge in [0.05, 0.1) is 15.7 Å². The Morgan fingerprint density at radius 1 is 1.24 bits per heavy atom. The molecular formula is C15H20F3N3O3S. The van der Waals surface area contributed by atoms with Crippen LogP contribution >= 0.6 is 0 Å². The van der Waals surface area contributed by atoms with Crippen LogP contribution in [0.5, 0.6) is 0 Å². The Morgan fingerprint density at radius 2 is 1.80 bits per heavy atom. The second-order valence-corrected chi connectivity index (χ2v) is 7.80. The SMILES string of the molecule is CCc1cc(S(=O)(=O)C(C)CC)c(C(F)(F)F)cc1C(=O)N=C(N)N. The lowest BCUT2D eigenvalue weighted by Gasteiger charge is -2.19. The smallest absolute Gasteiger partial charge is 0.370 e. The van der Waals surface area contributed by atoms with E-state index in [2.05, 4.69) is 4.99 Å². The van der Waals surface area contributed by atoms with Gasteiger partial charge in [-0.25, -0.2) is 8.42 Å². The standard InChI is InChI=1S/C15H20F3N3O3S/c1-4-8(3)25(23,24)12-6-9(5-2)10(13(22)21-14(19)20)7-11(12)15(16,17)18/h6-8H,4-5H2,1-3H3,(H4,19,20,21,22). The number of aliphatic imine (C=N–C) groups is 1. The number of benzene rings is 1. The van der Waals surface area contributed by atoms with E-state index >= 15 is 0 Å². The molecule has 4 N–H and O–H groups in total. The molecule has 0 aliphatic heterocycles. The molecular weight excluding hydrogens is 359 g/mol. The quantitative estimate of drug-likeness (QED) is 0.601. The number of alkyl halides is 3. The van der Waals surface area contributed by atoms with E-state index in [-0.39, 0.29) is 24.0 Å².